The first-order valence-electron chi connectivity index (χ1n) is 13.0. The molecule has 2 nitrogen and oxygen atoms in total. The Bertz CT molecular complexity index is 573. The van der Waals surface area contributed by atoms with Crippen molar-refractivity contribution in [1.29, 1.82) is 0 Å². The molecule has 0 aromatic rings. The second kappa shape index (κ2) is 8.12. The highest BCUT2D eigenvalue weighted by molar-refractivity contribution is 5.10. The monoisotopic (exact) mass is 404 g/mol. The number of hydrogen-bond donors (Lipinski definition) is 2. The normalized spacial score (nSPS) is 50.7. The molecule has 4 aliphatic carbocycles. The molecule has 0 heterocycles. The van der Waals surface area contributed by atoms with Crippen molar-refractivity contribution in [2.24, 2.45) is 52.3 Å². The first-order chi connectivity index (χ1) is 13.7. The van der Waals surface area contributed by atoms with E-state index < -0.39 is 12.2 Å². The average molecular weight is 405 g/mol. The SMILES string of the molecule is CC(C)CCC[C@@H](C)[C@@H]1CC[C@@H]2[C@@H]3CC[C@H]4C[C@H](O)[C@H](O)C[C@]4(C)[C@@H]3CC[C@]21C. The fourth-order valence-electron chi connectivity index (χ4n) is 9.30. The van der Waals surface area contributed by atoms with E-state index in [-0.39, 0.29) is 5.41 Å². The first kappa shape index (κ1) is 22.1. The topological polar surface area (TPSA) is 40.5 Å². The molecule has 0 saturated heterocycles. The van der Waals surface area contributed by atoms with E-state index in [0.717, 1.165) is 48.3 Å². The van der Waals surface area contributed by atoms with Crippen LogP contribution in [0, 0.1) is 52.3 Å². The summed E-state index contributed by atoms with van der Waals surface area (Å²) in [6.07, 6.45) is 13.2. The van der Waals surface area contributed by atoms with Crippen LogP contribution < -0.4 is 0 Å². The van der Waals surface area contributed by atoms with Crippen LogP contribution in [-0.4, -0.2) is 22.4 Å². The molecule has 0 radical (unpaired) electrons. The van der Waals surface area contributed by atoms with Gasteiger partial charge < -0.3 is 10.2 Å². The van der Waals surface area contributed by atoms with Gasteiger partial charge >= 0.3 is 0 Å². The summed E-state index contributed by atoms with van der Waals surface area (Å²) in [5.41, 5.74) is 0.804. The molecule has 0 unspecified atom stereocenters. The first-order valence-corrected chi connectivity index (χ1v) is 13.0. The minimum absolute atomic E-state index is 0.254. The van der Waals surface area contributed by atoms with Crippen LogP contribution in [0.4, 0.5) is 0 Å². The van der Waals surface area contributed by atoms with Crippen LogP contribution >= 0.6 is 0 Å². The van der Waals surface area contributed by atoms with Crippen molar-refractivity contribution in [3.8, 4) is 0 Å². The maximum atomic E-state index is 10.5. The molecule has 0 bridgehead atoms. The Hall–Kier alpha value is -0.0800. The molecule has 0 amide bonds. The zero-order valence-electron chi connectivity index (χ0n) is 19.9. The average Bonchev–Trinajstić information content (AvgIpc) is 3.00. The Kier molecular flexibility index (Phi) is 6.19. The van der Waals surface area contributed by atoms with Gasteiger partial charge in [0.25, 0.3) is 0 Å². The molecule has 0 aromatic carbocycles. The van der Waals surface area contributed by atoms with E-state index in [4.69, 9.17) is 0 Å². The van der Waals surface area contributed by atoms with Crippen molar-refractivity contribution in [3.63, 3.8) is 0 Å². The van der Waals surface area contributed by atoms with E-state index in [1.165, 1.54) is 57.8 Å². The highest BCUT2D eigenvalue weighted by Crippen LogP contribution is 2.68. The summed E-state index contributed by atoms with van der Waals surface area (Å²) in [7, 11) is 0. The van der Waals surface area contributed by atoms with Crippen molar-refractivity contribution in [3.05, 3.63) is 0 Å². The summed E-state index contributed by atoms with van der Waals surface area (Å²) in [6.45, 7) is 12.4. The van der Waals surface area contributed by atoms with Crippen molar-refractivity contribution in [1.82, 2.24) is 0 Å². The molecule has 168 valence electrons. The van der Waals surface area contributed by atoms with Gasteiger partial charge in [-0.3, -0.25) is 0 Å². The second-order valence-electron chi connectivity index (χ2n) is 12.8. The lowest BCUT2D eigenvalue weighted by atomic mass is 9.44. The molecule has 4 fully saturated rings. The van der Waals surface area contributed by atoms with Gasteiger partial charge in [-0.15, -0.1) is 0 Å². The van der Waals surface area contributed by atoms with Gasteiger partial charge in [0.2, 0.25) is 0 Å². The van der Waals surface area contributed by atoms with Crippen LogP contribution in [0.15, 0.2) is 0 Å². The van der Waals surface area contributed by atoms with Gasteiger partial charge in [0.1, 0.15) is 0 Å². The standard InChI is InChI=1S/C27H48O2/c1-17(2)7-6-8-18(3)21-11-12-22-20-10-9-19-15-24(28)25(29)16-27(19,5)23(20)13-14-26(21,22)4/h17-25,28-29H,6-16H2,1-5H3/t18-,19+,20+,21+,22-,23-,24+,25-,26+,27+/m1/s1. The molecule has 4 aliphatic rings. The van der Waals surface area contributed by atoms with E-state index in [0.29, 0.717) is 11.3 Å². The van der Waals surface area contributed by atoms with E-state index >= 15 is 0 Å². The Morgan fingerprint density at radius 1 is 0.828 bits per heavy atom. The van der Waals surface area contributed by atoms with Crippen LogP contribution in [-0.2, 0) is 0 Å². The van der Waals surface area contributed by atoms with E-state index in [1.54, 1.807) is 0 Å². The van der Waals surface area contributed by atoms with Gasteiger partial charge in [0.15, 0.2) is 0 Å². The zero-order chi connectivity index (χ0) is 21.0. The lowest BCUT2D eigenvalue weighted by Gasteiger charge is -2.61. The summed E-state index contributed by atoms with van der Waals surface area (Å²) >= 11 is 0. The number of aliphatic hydroxyl groups excluding tert-OH is 2. The van der Waals surface area contributed by atoms with Gasteiger partial charge in [-0.05, 0) is 104 Å². The maximum absolute atomic E-state index is 10.5. The number of rotatable bonds is 5. The molecular formula is C27H48O2. The summed E-state index contributed by atoms with van der Waals surface area (Å²) in [5, 5.41) is 20.8. The molecule has 4 saturated carbocycles. The summed E-state index contributed by atoms with van der Waals surface area (Å²) in [4.78, 5) is 0. The smallest absolute Gasteiger partial charge is 0.0804 e. The summed E-state index contributed by atoms with van der Waals surface area (Å²) < 4.78 is 0. The molecule has 10 atom stereocenters. The molecule has 4 rings (SSSR count). The van der Waals surface area contributed by atoms with E-state index in [1.807, 2.05) is 0 Å². The summed E-state index contributed by atoms with van der Waals surface area (Å²) in [6, 6.07) is 0. The van der Waals surface area contributed by atoms with Crippen LogP contribution in [0.2, 0.25) is 0 Å². The van der Waals surface area contributed by atoms with Crippen LogP contribution in [0.5, 0.6) is 0 Å². The number of hydrogen-bond acceptors (Lipinski definition) is 2. The third kappa shape index (κ3) is 3.73. The lowest BCUT2D eigenvalue weighted by Crippen LogP contribution is -2.56. The van der Waals surface area contributed by atoms with Crippen LogP contribution in [0.25, 0.3) is 0 Å². The molecular weight excluding hydrogens is 356 g/mol. The lowest BCUT2D eigenvalue weighted by molar-refractivity contribution is -0.160. The minimum atomic E-state index is -0.499. The van der Waals surface area contributed by atoms with Gasteiger partial charge in [-0.1, -0.05) is 53.9 Å². The third-order valence-corrected chi connectivity index (χ3v) is 10.9. The third-order valence-electron chi connectivity index (χ3n) is 10.9. The van der Waals surface area contributed by atoms with Crippen molar-refractivity contribution in [2.45, 2.75) is 117 Å². The Morgan fingerprint density at radius 3 is 2.28 bits per heavy atom. The minimum Gasteiger partial charge on any atom is -0.390 e. The molecule has 2 N–H and O–H groups in total. The fourth-order valence-corrected chi connectivity index (χ4v) is 9.30. The van der Waals surface area contributed by atoms with Gasteiger partial charge in [0, 0.05) is 0 Å². The van der Waals surface area contributed by atoms with Crippen molar-refractivity contribution >= 4 is 0 Å². The van der Waals surface area contributed by atoms with E-state index in [2.05, 4.69) is 34.6 Å². The van der Waals surface area contributed by atoms with Gasteiger partial charge in [-0.2, -0.15) is 0 Å². The van der Waals surface area contributed by atoms with Gasteiger partial charge in [-0.25, -0.2) is 0 Å². The van der Waals surface area contributed by atoms with Crippen molar-refractivity contribution < 1.29 is 10.2 Å². The Labute approximate surface area is 180 Å². The fraction of sp³-hybridized carbons (Fsp3) is 1.00. The maximum Gasteiger partial charge on any atom is 0.0804 e. The number of aliphatic hydroxyl groups is 2. The molecule has 0 spiro atoms. The summed E-state index contributed by atoms with van der Waals surface area (Å²) in [5.74, 6) is 5.80. The highest BCUT2D eigenvalue weighted by atomic mass is 16.3. The highest BCUT2D eigenvalue weighted by Gasteiger charge is 2.61. The van der Waals surface area contributed by atoms with Crippen LogP contribution in [0.1, 0.15) is 105 Å². The largest absolute Gasteiger partial charge is 0.390 e. The predicted molar refractivity (Wildman–Crippen MR) is 120 cm³/mol. The molecule has 29 heavy (non-hydrogen) atoms. The molecule has 2 heteroatoms. The Balaban J connectivity index is 1.47. The zero-order valence-corrected chi connectivity index (χ0v) is 19.9. The van der Waals surface area contributed by atoms with Crippen molar-refractivity contribution in [2.75, 3.05) is 0 Å². The van der Waals surface area contributed by atoms with Gasteiger partial charge in [0.05, 0.1) is 12.2 Å². The Morgan fingerprint density at radius 2 is 1.55 bits per heavy atom. The van der Waals surface area contributed by atoms with E-state index in [9.17, 15) is 10.2 Å². The predicted octanol–water partition coefficient (Wildman–Crippen LogP) is 6.44. The second-order valence-corrected chi connectivity index (χ2v) is 12.8. The molecule has 0 aromatic heterocycles. The quantitative estimate of drug-likeness (QED) is 0.553. The number of fused-ring (bicyclic) bond motifs is 5. The molecule has 0 aliphatic heterocycles. The van der Waals surface area contributed by atoms with Crippen LogP contribution in [0.3, 0.4) is 0 Å².